The molecule has 0 spiro atoms. The number of hydrogen-bond acceptors (Lipinski definition) is 8. The number of aldehydes is 1. The predicted octanol–water partition coefficient (Wildman–Crippen LogP) is 2.87. The van der Waals surface area contributed by atoms with Gasteiger partial charge in [-0.2, -0.15) is 0 Å². The topological polar surface area (TPSA) is 90.8 Å². The van der Waals surface area contributed by atoms with Crippen LogP contribution in [0.3, 0.4) is 0 Å². The molecule has 1 aromatic heterocycles. The van der Waals surface area contributed by atoms with Gasteiger partial charge >= 0.3 is 0 Å². The van der Waals surface area contributed by atoms with E-state index in [-0.39, 0.29) is 24.0 Å². The molecule has 0 amide bonds. The molecule has 188 valence electrons. The number of carbonyl (C=O) groups excluding carboxylic acids is 1. The van der Waals surface area contributed by atoms with Crippen LogP contribution in [0.4, 0.5) is 5.82 Å². The fourth-order valence-corrected chi connectivity index (χ4v) is 5.94. The van der Waals surface area contributed by atoms with Gasteiger partial charge in [0.25, 0.3) is 0 Å². The minimum Gasteiger partial charge on any atom is -0.387 e. The molecule has 5 rings (SSSR count). The highest BCUT2D eigenvalue weighted by molar-refractivity contribution is 6.30. The van der Waals surface area contributed by atoms with Crippen molar-refractivity contribution in [3.05, 3.63) is 52.4 Å². The SMILES string of the molecule is C[C@@H]1C[C@@H](O)c2ncnc(N3CCN(C(c4ccc(Cl)cc4)C(C=O)NC4CCOCC4)CC3)c21. The van der Waals surface area contributed by atoms with E-state index in [0.29, 0.717) is 11.4 Å². The van der Waals surface area contributed by atoms with Crippen molar-refractivity contribution in [2.24, 2.45) is 0 Å². The summed E-state index contributed by atoms with van der Waals surface area (Å²) in [5.74, 6) is 1.17. The Morgan fingerprint density at radius 3 is 2.54 bits per heavy atom. The molecule has 0 saturated carbocycles. The summed E-state index contributed by atoms with van der Waals surface area (Å²) in [6.45, 7) is 6.75. The number of nitrogens with zero attached hydrogens (tertiary/aromatic N) is 4. The molecular weight excluding hydrogens is 466 g/mol. The molecular formula is C26H34ClN5O3. The fraction of sp³-hybridized carbons (Fsp3) is 0.577. The van der Waals surface area contributed by atoms with Crippen molar-refractivity contribution >= 4 is 23.7 Å². The van der Waals surface area contributed by atoms with Crippen LogP contribution >= 0.6 is 11.6 Å². The maximum Gasteiger partial charge on any atom is 0.138 e. The van der Waals surface area contributed by atoms with E-state index in [9.17, 15) is 9.90 Å². The minimum atomic E-state index is -0.512. The number of aromatic nitrogens is 2. The predicted molar refractivity (Wildman–Crippen MR) is 135 cm³/mol. The first-order valence-electron chi connectivity index (χ1n) is 12.6. The number of hydrogen-bond donors (Lipinski definition) is 2. The number of nitrogens with one attached hydrogen (secondary N) is 1. The first kappa shape index (κ1) is 24.6. The Morgan fingerprint density at radius 1 is 1.14 bits per heavy atom. The zero-order valence-electron chi connectivity index (χ0n) is 20.1. The fourth-order valence-electron chi connectivity index (χ4n) is 5.81. The van der Waals surface area contributed by atoms with Crippen molar-refractivity contribution in [3.8, 4) is 0 Å². The summed E-state index contributed by atoms with van der Waals surface area (Å²) >= 11 is 6.18. The molecule has 2 saturated heterocycles. The first-order valence-corrected chi connectivity index (χ1v) is 13.0. The van der Waals surface area contributed by atoms with Crippen LogP contribution < -0.4 is 10.2 Å². The molecule has 0 bridgehead atoms. The van der Waals surface area contributed by atoms with Crippen LogP contribution in [0, 0.1) is 0 Å². The third-order valence-corrected chi connectivity index (χ3v) is 7.89. The molecule has 9 heteroatoms. The molecule has 8 nitrogen and oxygen atoms in total. The van der Waals surface area contributed by atoms with E-state index in [1.165, 1.54) is 0 Å². The van der Waals surface area contributed by atoms with E-state index in [1.54, 1.807) is 6.33 Å². The molecule has 2 N–H and O–H groups in total. The summed E-state index contributed by atoms with van der Waals surface area (Å²) in [4.78, 5) is 26.1. The van der Waals surface area contributed by atoms with Gasteiger partial charge in [-0.15, -0.1) is 0 Å². The number of rotatable bonds is 7. The van der Waals surface area contributed by atoms with Crippen LogP contribution in [0.1, 0.15) is 61.1 Å². The van der Waals surface area contributed by atoms with Crippen LogP contribution in [0.15, 0.2) is 30.6 Å². The monoisotopic (exact) mass is 499 g/mol. The second kappa shape index (κ2) is 10.9. The van der Waals surface area contributed by atoms with Gasteiger partial charge in [0, 0.05) is 56.0 Å². The number of carbonyl (C=O) groups is 1. The van der Waals surface area contributed by atoms with Gasteiger partial charge in [0.05, 0.1) is 23.9 Å². The van der Waals surface area contributed by atoms with E-state index >= 15 is 0 Å². The highest BCUT2D eigenvalue weighted by atomic mass is 35.5. The van der Waals surface area contributed by atoms with Crippen molar-refractivity contribution in [2.45, 2.75) is 56.3 Å². The van der Waals surface area contributed by atoms with Gasteiger partial charge in [-0.05, 0) is 42.9 Å². The molecule has 3 aliphatic rings. The number of halogens is 1. The molecule has 1 aliphatic carbocycles. The number of ether oxygens (including phenoxy) is 1. The van der Waals surface area contributed by atoms with Crippen LogP contribution in [-0.2, 0) is 9.53 Å². The molecule has 2 aromatic rings. The molecule has 1 aromatic carbocycles. The van der Waals surface area contributed by atoms with Crippen molar-refractivity contribution in [1.82, 2.24) is 20.2 Å². The third-order valence-electron chi connectivity index (χ3n) is 7.63. The lowest BCUT2D eigenvalue weighted by Gasteiger charge is -2.43. The molecule has 35 heavy (non-hydrogen) atoms. The number of aliphatic hydroxyl groups is 1. The van der Waals surface area contributed by atoms with E-state index in [1.807, 2.05) is 24.3 Å². The molecule has 2 aliphatic heterocycles. The van der Waals surface area contributed by atoms with E-state index < -0.39 is 6.10 Å². The summed E-state index contributed by atoms with van der Waals surface area (Å²) < 4.78 is 5.50. The Bertz CT molecular complexity index is 1010. The molecule has 0 radical (unpaired) electrons. The number of aliphatic hydroxyl groups excluding tert-OH is 1. The maximum absolute atomic E-state index is 12.4. The first-order chi connectivity index (χ1) is 17.0. The second-order valence-electron chi connectivity index (χ2n) is 9.88. The largest absolute Gasteiger partial charge is 0.387 e. The molecule has 4 atom stereocenters. The quantitative estimate of drug-likeness (QED) is 0.562. The van der Waals surface area contributed by atoms with Crippen LogP contribution in [0.5, 0.6) is 0 Å². The summed E-state index contributed by atoms with van der Waals surface area (Å²) in [6.07, 6.45) is 4.63. The lowest BCUT2D eigenvalue weighted by atomic mass is 9.95. The van der Waals surface area contributed by atoms with Gasteiger partial charge < -0.3 is 24.9 Å². The van der Waals surface area contributed by atoms with Gasteiger partial charge in [-0.1, -0.05) is 30.7 Å². The van der Waals surface area contributed by atoms with E-state index in [0.717, 1.165) is 81.2 Å². The Labute approximate surface area is 211 Å². The van der Waals surface area contributed by atoms with Gasteiger partial charge in [-0.3, -0.25) is 4.90 Å². The molecule has 2 unspecified atom stereocenters. The van der Waals surface area contributed by atoms with E-state index in [2.05, 4.69) is 32.0 Å². The smallest absolute Gasteiger partial charge is 0.138 e. The summed E-state index contributed by atoms with van der Waals surface area (Å²) in [5, 5.41) is 14.7. The van der Waals surface area contributed by atoms with Gasteiger partial charge in [0.15, 0.2) is 0 Å². The Morgan fingerprint density at radius 2 is 1.86 bits per heavy atom. The van der Waals surface area contributed by atoms with Crippen LogP contribution in [0.25, 0.3) is 0 Å². The highest BCUT2D eigenvalue weighted by Gasteiger charge is 2.36. The minimum absolute atomic E-state index is 0.0911. The zero-order valence-corrected chi connectivity index (χ0v) is 20.9. The normalized spacial score (nSPS) is 25.3. The van der Waals surface area contributed by atoms with Crippen molar-refractivity contribution in [2.75, 3.05) is 44.3 Å². The summed E-state index contributed by atoms with van der Waals surface area (Å²) in [5.41, 5.74) is 2.93. The second-order valence-corrected chi connectivity index (χ2v) is 10.3. The molecule has 2 fully saturated rings. The van der Waals surface area contributed by atoms with Gasteiger partial charge in [0.2, 0.25) is 0 Å². The standard InChI is InChI=1S/C26H34ClN5O3/c1-17-14-22(34)24-23(17)26(29-16-28-24)32-10-8-31(9-11-32)25(18-2-4-19(27)5-3-18)21(15-33)30-20-6-12-35-13-7-20/h2-5,15-17,20-22,25,30,34H,6-14H2,1H3/t17-,21?,22-,25?/m1/s1. The van der Waals surface area contributed by atoms with Crippen molar-refractivity contribution in [1.29, 1.82) is 0 Å². The summed E-state index contributed by atoms with van der Waals surface area (Å²) in [7, 11) is 0. The summed E-state index contributed by atoms with van der Waals surface area (Å²) in [6, 6.07) is 7.70. The third kappa shape index (κ3) is 5.22. The zero-order chi connectivity index (χ0) is 24.4. The number of anilines is 1. The van der Waals surface area contributed by atoms with E-state index in [4.69, 9.17) is 16.3 Å². The Kier molecular flexibility index (Phi) is 7.65. The highest BCUT2D eigenvalue weighted by Crippen LogP contribution is 2.43. The maximum atomic E-state index is 12.4. The van der Waals surface area contributed by atoms with Crippen LogP contribution in [0.2, 0.25) is 5.02 Å². The van der Waals surface area contributed by atoms with Gasteiger partial charge in [-0.25, -0.2) is 9.97 Å². The van der Waals surface area contributed by atoms with Crippen molar-refractivity contribution < 1.29 is 14.6 Å². The average Bonchev–Trinajstić information content (AvgIpc) is 3.19. The number of piperazine rings is 1. The lowest BCUT2D eigenvalue weighted by molar-refractivity contribution is -0.111. The Hall–Kier alpha value is -2.10. The van der Waals surface area contributed by atoms with Gasteiger partial charge in [0.1, 0.15) is 18.4 Å². The average molecular weight is 500 g/mol. The lowest BCUT2D eigenvalue weighted by Crippen LogP contribution is -2.55. The van der Waals surface area contributed by atoms with Crippen LogP contribution in [-0.4, -0.2) is 77.7 Å². The Balaban J connectivity index is 1.35. The number of fused-ring (bicyclic) bond motifs is 1. The molecule has 3 heterocycles. The van der Waals surface area contributed by atoms with Crippen molar-refractivity contribution in [3.63, 3.8) is 0 Å². The number of benzene rings is 1.